The van der Waals surface area contributed by atoms with Gasteiger partial charge in [0.25, 0.3) is 0 Å². The summed E-state index contributed by atoms with van der Waals surface area (Å²) >= 11 is 0. The van der Waals surface area contributed by atoms with Crippen molar-refractivity contribution in [3.63, 3.8) is 0 Å². The molecule has 2 heterocycles. The summed E-state index contributed by atoms with van der Waals surface area (Å²) in [7, 11) is 0. The first-order valence-corrected chi connectivity index (χ1v) is 7.53. The van der Waals surface area contributed by atoms with Crippen LogP contribution in [0.4, 0.5) is 4.39 Å². The molecule has 3 aromatic rings. The second-order valence-corrected chi connectivity index (χ2v) is 5.24. The molecular weight excluding hydrogens is 295 g/mol. The first-order chi connectivity index (χ1) is 11.2. The van der Waals surface area contributed by atoms with Crippen LogP contribution >= 0.6 is 0 Å². The number of carbonyl (C=O) groups excluding carboxylic acids is 1. The lowest BCUT2D eigenvalue weighted by Gasteiger charge is -2.05. The molecule has 1 amide bonds. The molecule has 0 aliphatic heterocycles. The van der Waals surface area contributed by atoms with Crippen LogP contribution in [0.1, 0.15) is 17.8 Å². The molecule has 0 unspecified atom stereocenters. The van der Waals surface area contributed by atoms with Gasteiger partial charge in [0, 0.05) is 25.6 Å². The summed E-state index contributed by atoms with van der Waals surface area (Å²) in [6.07, 6.45) is 3.15. The van der Waals surface area contributed by atoms with Crippen LogP contribution in [0.2, 0.25) is 0 Å². The first kappa shape index (κ1) is 15.1. The third-order valence-electron chi connectivity index (χ3n) is 3.63. The minimum atomic E-state index is -0.268. The van der Waals surface area contributed by atoms with Gasteiger partial charge in [0.05, 0.1) is 0 Å². The lowest BCUT2D eigenvalue weighted by atomic mass is 10.1. The van der Waals surface area contributed by atoms with Gasteiger partial charge in [-0.25, -0.2) is 4.39 Å². The lowest BCUT2D eigenvalue weighted by molar-refractivity contribution is -0.121. The van der Waals surface area contributed by atoms with Gasteiger partial charge in [0.1, 0.15) is 11.6 Å². The summed E-state index contributed by atoms with van der Waals surface area (Å²) in [4.78, 5) is 11.8. The molecule has 0 aliphatic rings. The van der Waals surface area contributed by atoms with Crippen molar-refractivity contribution in [2.45, 2.75) is 19.3 Å². The van der Waals surface area contributed by atoms with Crippen molar-refractivity contribution >= 4 is 11.6 Å². The number of nitrogens with zero attached hydrogens (tertiary/aromatic N) is 3. The molecule has 2 aromatic heterocycles. The fraction of sp³-hybridized carbons (Fsp3) is 0.235. The second-order valence-electron chi connectivity index (χ2n) is 5.24. The van der Waals surface area contributed by atoms with Gasteiger partial charge in [-0.1, -0.05) is 24.3 Å². The van der Waals surface area contributed by atoms with Crippen LogP contribution in [0, 0.1) is 5.82 Å². The molecule has 1 aromatic carbocycles. The van der Waals surface area contributed by atoms with Gasteiger partial charge < -0.3 is 5.32 Å². The van der Waals surface area contributed by atoms with Crippen LogP contribution in [0.3, 0.4) is 0 Å². The highest BCUT2D eigenvalue weighted by Gasteiger charge is 2.07. The van der Waals surface area contributed by atoms with Gasteiger partial charge >= 0.3 is 0 Å². The van der Waals surface area contributed by atoms with Gasteiger partial charge in [-0.15, -0.1) is 10.2 Å². The summed E-state index contributed by atoms with van der Waals surface area (Å²) in [6.45, 7) is 0.478. The first-order valence-electron chi connectivity index (χ1n) is 7.53. The van der Waals surface area contributed by atoms with E-state index in [1.54, 1.807) is 18.2 Å². The number of fused-ring (bicyclic) bond motifs is 1. The molecule has 5 nitrogen and oxygen atoms in total. The van der Waals surface area contributed by atoms with Crippen molar-refractivity contribution in [1.82, 2.24) is 19.9 Å². The highest BCUT2D eigenvalue weighted by molar-refractivity contribution is 5.76. The Morgan fingerprint density at radius 3 is 2.78 bits per heavy atom. The number of benzene rings is 1. The number of halogens is 1. The van der Waals surface area contributed by atoms with E-state index in [9.17, 15) is 9.18 Å². The van der Waals surface area contributed by atoms with Gasteiger partial charge in [0.2, 0.25) is 5.91 Å². The van der Waals surface area contributed by atoms with Crippen LogP contribution < -0.4 is 5.32 Å². The smallest absolute Gasteiger partial charge is 0.220 e. The fourth-order valence-electron chi connectivity index (χ4n) is 2.41. The molecule has 0 bridgehead atoms. The third-order valence-corrected chi connectivity index (χ3v) is 3.63. The van der Waals surface area contributed by atoms with Crippen LogP contribution in [-0.2, 0) is 17.6 Å². The molecule has 0 radical (unpaired) electrons. The minimum absolute atomic E-state index is 0.0953. The van der Waals surface area contributed by atoms with Gasteiger partial charge in [-0.05, 0) is 30.2 Å². The lowest BCUT2D eigenvalue weighted by Crippen LogP contribution is -2.26. The standard InChI is InChI=1S/C17H17FN4O/c18-14-6-2-1-5-13(14)8-9-17(23)19-11-10-16-21-20-15-7-3-4-12-22(15)16/h1-7,12H,8-11H2,(H,19,23). The van der Waals surface area contributed by atoms with Crippen molar-refractivity contribution < 1.29 is 9.18 Å². The minimum Gasteiger partial charge on any atom is -0.356 e. The zero-order valence-corrected chi connectivity index (χ0v) is 12.6. The molecule has 118 valence electrons. The molecule has 0 aliphatic carbocycles. The molecule has 0 saturated carbocycles. The zero-order valence-electron chi connectivity index (χ0n) is 12.6. The summed E-state index contributed by atoms with van der Waals surface area (Å²) in [5, 5.41) is 11.0. The van der Waals surface area contributed by atoms with Crippen LogP contribution in [-0.4, -0.2) is 27.0 Å². The van der Waals surface area contributed by atoms with Crippen molar-refractivity contribution in [3.8, 4) is 0 Å². The highest BCUT2D eigenvalue weighted by atomic mass is 19.1. The van der Waals surface area contributed by atoms with E-state index in [-0.39, 0.29) is 18.1 Å². The van der Waals surface area contributed by atoms with E-state index in [2.05, 4.69) is 15.5 Å². The van der Waals surface area contributed by atoms with Gasteiger partial charge in [-0.3, -0.25) is 9.20 Å². The molecule has 0 saturated heterocycles. The Morgan fingerprint density at radius 2 is 1.91 bits per heavy atom. The number of pyridine rings is 1. The van der Waals surface area contributed by atoms with E-state index in [1.807, 2.05) is 28.8 Å². The van der Waals surface area contributed by atoms with Crippen molar-refractivity contribution in [1.29, 1.82) is 0 Å². The average Bonchev–Trinajstić information content (AvgIpc) is 2.98. The summed E-state index contributed by atoms with van der Waals surface area (Å²) in [6, 6.07) is 12.2. The summed E-state index contributed by atoms with van der Waals surface area (Å²) in [5.74, 6) is 0.437. The van der Waals surface area contributed by atoms with Gasteiger partial charge in [0.15, 0.2) is 5.65 Å². The SMILES string of the molecule is O=C(CCc1ccccc1F)NCCc1nnc2ccccn12. The number of hydrogen-bond donors (Lipinski definition) is 1. The molecule has 0 fully saturated rings. The van der Waals surface area contributed by atoms with Gasteiger partial charge in [-0.2, -0.15) is 0 Å². The topological polar surface area (TPSA) is 59.3 Å². The van der Waals surface area contributed by atoms with E-state index < -0.39 is 0 Å². The summed E-state index contributed by atoms with van der Waals surface area (Å²) in [5.41, 5.74) is 1.35. The number of aryl methyl sites for hydroxylation is 1. The van der Waals surface area contributed by atoms with E-state index in [1.165, 1.54) is 6.07 Å². The number of rotatable bonds is 6. The number of hydrogen-bond acceptors (Lipinski definition) is 3. The fourth-order valence-corrected chi connectivity index (χ4v) is 2.41. The molecule has 23 heavy (non-hydrogen) atoms. The Balaban J connectivity index is 1.47. The Bertz CT molecular complexity index is 815. The maximum atomic E-state index is 13.5. The maximum Gasteiger partial charge on any atom is 0.220 e. The van der Waals surface area contributed by atoms with Crippen LogP contribution in [0.25, 0.3) is 5.65 Å². The van der Waals surface area contributed by atoms with Crippen LogP contribution in [0.15, 0.2) is 48.7 Å². The number of amides is 1. The van der Waals surface area contributed by atoms with Crippen molar-refractivity contribution in [3.05, 3.63) is 65.9 Å². The molecule has 3 rings (SSSR count). The molecular formula is C17H17FN4O. The Kier molecular flexibility index (Phi) is 4.61. The number of nitrogens with one attached hydrogen (secondary N) is 1. The summed E-state index contributed by atoms with van der Waals surface area (Å²) < 4.78 is 15.4. The number of aromatic nitrogens is 3. The highest BCUT2D eigenvalue weighted by Crippen LogP contribution is 2.08. The largest absolute Gasteiger partial charge is 0.356 e. The predicted molar refractivity (Wildman–Crippen MR) is 84.4 cm³/mol. The molecule has 1 N–H and O–H groups in total. The zero-order chi connectivity index (χ0) is 16.1. The van der Waals surface area contributed by atoms with E-state index in [0.717, 1.165) is 11.5 Å². The Morgan fingerprint density at radius 1 is 1.09 bits per heavy atom. The quantitative estimate of drug-likeness (QED) is 0.759. The van der Waals surface area contributed by atoms with E-state index in [4.69, 9.17) is 0 Å². The Labute approximate surface area is 133 Å². The predicted octanol–water partition coefficient (Wildman–Crippen LogP) is 2.16. The monoisotopic (exact) mass is 312 g/mol. The van der Waals surface area contributed by atoms with Crippen molar-refractivity contribution in [2.24, 2.45) is 0 Å². The molecule has 0 atom stereocenters. The van der Waals surface area contributed by atoms with Crippen LogP contribution in [0.5, 0.6) is 0 Å². The number of carbonyl (C=O) groups is 1. The third kappa shape index (κ3) is 3.71. The molecule has 6 heteroatoms. The van der Waals surface area contributed by atoms with E-state index in [0.29, 0.717) is 24.9 Å². The second kappa shape index (κ2) is 7.00. The normalized spacial score (nSPS) is 10.8. The van der Waals surface area contributed by atoms with Crippen molar-refractivity contribution in [2.75, 3.05) is 6.54 Å². The molecule has 0 spiro atoms. The average molecular weight is 312 g/mol. The maximum absolute atomic E-state index is 13.5. The Hall–Kier alpha value is -2.76. The van der Waals surface area contributed by atoms with E-state index >= 15 is 0 Å².